The van der Waals surface area contributed by atoms with Crippen LogP contribution in [0.5, 0.6) is 0 Å². The van der Waals surface area contributed by atoms with Gasteiger partial charge in [-0.25, -0.2) is 9.59 Å². The monoisotopic (exact) mass is 247 g/mol. The number of aliphatic hydroxyl groups is 1. The highest BCUT2D eigenvalue weighted by Gasteiger charge is 2.13. The first kappa shape index (κ1) is 15.7. The molecule has 0 saturated heterocycles. The van der Waals surface area contributed by atoms with Crippen molar-refractivity contribution in [2.75, 3.05) is 27.2 Å². The number of hydrogen-bond donors (Lipinski definition) is 4. The molecule has 0 heterocycles. The van der Waals surface area contributed by atoms with Crippen LogP contribution in [0, 0.1) is 0 Å². The summed E-state index contributed by atoms with van der Waals surface area (Å²) >= 11 is 0. The molecule has 0 fully saturated rings. The molecule has 0 aromatic rings. The van der Waals surface area contributed by atoms with E-state index in [4.69, 9.17) is 10.2 Å². The number of urea groups is 1. The Kier molecular flexibility index (Phi) is 7.24. The van der Waals surface area contributed by atoms with E-state index in [1.165, 1.54) is 0 Å². The van der Waals surface area contributed by atoms with Crippen LogP contribution < -0.4 is 10.6 Å². The van der Waals surface area contributed by atoms with E-state index in [1.54, 1.807) is 0 Å². The summed E-state index contributed by atoms with van der Waals surface area (Å²) in [5, 5.41) is 22.5. The van der Waals surface area contributed by atoms with Crippen molar-refractivity contribution in [3.05, 3.63) is 0 Å². The minimum Gasteiger partial charge on any atom is -0.479 e. The minimum absolute atomic E-state index is 0.00795. The molecule has 7 nitrogen and oxygen atoms in total. The van der Waals surface area contributed by atoms with E-state index in [2.05, 4.69) is 10.6 Å². The maximum absolute atomic E-state index is 11.3. The summed E-state index contributed by atoms with van der Waals surface area (Å²) in [5.41, 5.74) is 0. The van der Waals surface area contributed by atoms with Crippen molar-refractivity contribution in [3.63, 3.8) is 0 Å². The largest absolute Gasteiger partial charge is 0.479 e. The number of carboxylic acid groups (broad SMARTS) is 1. The summed E-state index contributed by atoms with van der Waals surface area (Å²) in [4.78, 5) is 23.5. The lowest BCUT2D eigenvalue weighted by molar-refractivity contribution is -0.146. The van der Waals surface area contributed by atoms with Gasteiger partial charge in [0.25, 0.3) is 0 Å². The number of aliphatic carboxylic acids is 1. The van der Waals surface area contributed by atoms with E-state index in [-0.39, 0.29) is 25.0 Å². The van der Waals surface area contributed by atoms with Gasteiger partial charge >= 0.3 is 12.0 Å². The van der Waals surface area contributed by atoms with Crippen LogP contribution in [0.25, 0.3) is 0 Å². The number of rotatable bonds is 7. The molecule has 0 radical (unpaired) electrons. The fraction of sp³-hybridized carbons (Fsp3) is 0.800. The van der Waals surface area contributed by atoms with Gasteiger partial charge in [0, 0.05) is 25.6 Å². The topological polar surface area (TPSA) is 102 Å². The Labute approximate surface area is 101 Å². The molecule has 100 valence electrons. The van der Waals surface area contributed by atoms with Crippen LogP contribution in [-0.4, -0.2) is 66.4 Å². The summed E-state index contributed by atoms with van der Waals surface area (Å²) in [5.74, 6) is -1.28. The number of carboxylic acids is 1. The normalized spacial score (nSPS) is 14.2. The van der Waals surface area contributed by atoms with Crippen molar-refractivity contribution in [2.24, 2.45) is 0 Å². The van der Waals surface area contributed by atoms with Gasteiger partial charge in [-0.15, -0.1) is 0 Å². The number of carbonyl (C=O) groups excluding carboxylic acids is 1. The Morgan fingerprint density at radius 2 is 1.88 bits per heavy atom. The predicted molar refractivity (Wildman–Crippen MR) is 62.8 cm³/mol. The molecular weight excluding hydrogens is 226 g/mol. The number of nitrogens with one attached hydrogen (secondary N) is 2. The third-order valence-electron chi connectivity index (χ3n) is 2.43. The summed E-state index contributed by atoms with van der Waals surface area (Å²) < 4.78 is 0. The third kappa shape index (κ3) is 7.53. The number of amides is 2. The SMILES string of the molecule is CC(CNC(=O)NCC[C@H](O)C(=O)O)N(C)C. The smallest absolute Gasteiger partial charge is 0.332 e. The number of hydrogen-bond acceptors (Lipinski definition) is 4. The van der Waals surface area contributed by atoms with E-state index in [1.807, 2.05) is 25.9 Å². The molecule has 0 bridgehead atoms. The van der Waals surface area contributed by atoms with Gasteiger partial charge in [-0.05, 0) is 21.0 Å². The van der Waals surface area contributed by atoms with Gasteiger partial charge in [0.15, 0.2) is 6.10 Å². The molecule has 7 heteroatoms. The van der Waals surface area contributed by atoms with Gasteiger partial charge in [0.2, 0.25) is 0 Å². The first-order valence-corrected chi connectivity index (χ1v) is 5.43. The van der Waals surface area contributed by atoms with Crippen molar-refractivity contribution in [2.45, 2.75) is 25.5 Å². The zero-order chi connectivity index (χ0) is 13.4. The molecule has 0 aliphatic carbocycles. The lowest BCUT2D eigenvalue weighted by Gasteiger charge is -2.20. The lowest BCUT2D eigenvalue weighted by atomic mass is 10.2. The zero-order valence-electron chi connectivity index (χ0n) is 10.4. The van der Waals surface area contributed by atoms with Gasteiger partial charge in [-0.3, -0.25) is 0 Å². The van der Waals surface area contributed by atoms with Crippen LogP contribution in [0.1, 0.15) is 13.3 Å². The van der Waals surface area contributed by atoms with E-state index in [0.29, 0.717) is 6.54 Å². The van der Waals surface area contributed by atoms with Gasteiger partial charge in [-0.1, -0.05) is 0 Å². The van der Waals surface area contributed by atoms with Crippen LogP contribution in [0.4, 0.5) is 4.79 Å². The first-order valence-electron chi connectivity index (χ1n) is 5.43. The van der Waals surface area contributed by atoms with Crippen molar-refractivity contribution in [1.29, 1.82) is 0 Å². The van der Waals surface area contributed by atoms with Gasteiger partial charge < -0.3 is 25.7 Å². The van der Waals surface area contributed by atoms with Crippen molar-refractivity contribution in [3.8, 4) is 0 Å². The van der Waals surface area contributed by atoms with Crippen LogP contribution in [0.3, 0.4) is 0 Å². The number of likely N-dealkylation sites (N-methyl/N-ethyl adjacent to an activating group) is 1. The van der Waals surface area contributed by atoms with E-state index in [9.17, 15) is 9.59 Å². The van der Waals surface area contributed by atoms with E-state index < -0.39 is 12.1 Å². The van der Waals surface area contributed by atoms with Crippen molar-refractivity contribution >= 4 is 12.0 Å². The van der Waals surface area contributed by atoms with Crippen LogP contribution >= 0.6 is 0 Å². The summed E-state index contributed by atoms with van der Waals surface area (Å²) in [7, 11) is 3.82. The maximum Gasteiger partial charge on any atom is 0.332 e. The van der Waals surface area contributed by atoms with Crippen LogP contribution in [0.15, 0.2) is 0 Å². The molecule has 2 amide bonds. The van der Waals surface area contributed by atoms with Gasteiger partial charge in [0.1, 0.15) is 0 Å². The number of aliphatic hydroxyl groups excluding tert-OH is 1. The Morgan fingerprint density at radius 1 is 1.29 bits per heavy atom. The molecule has 0 aliphatic rings. The Morgan fingerprint density at radius 3 is 2.35 bits per heavy atom. The Balaban J connectivity index is 3.64. The first-order chi connectivity index (χ1) is 7.84. The predicted octanol–water partition coefficient (Wildman–Crippen LogP) is -0.929. The zero-order valence-corrected chi connectivity index (χ0v) is 10.4. The molecule has 0 aromatic heterocycles. The molecule has 4 N–H and O–H groups in total. The second-order valence-corrected chi connectivity index (χ2v) is 4.09. The molecule has 1 unspecified atom stereocenters. The highest BCUT2D eigenvalue weighted by Crippen LogP contribution is 1.90. The number of nitrogens with zero attached hydrogens (tertiary/aromatic N) is 1. The lowest BCUT2D eigenvalue weighted by Crippen LogP contribution is -2.43. The van der Waals surface area contributed by atoms with Crippen LogP contribution in [0.2, 0.25) is 0 Å². The second kappa shape index (κ2) is 7.86. The van der Waals surface area contributed by atoms with E-state index >= 15 is 0 Å². The molecule has 0 saturated carbocycles. The molecular formula is C10H21N3O4. The number of carbonyl (C=O) groups is 2. The van der Waals surface area contributed by atoms with Crippen molar-refractivity contribution < 1.29 is 19.8 Å². The molecule has 0 aromatic carbocycles. The second-order valence-electron chi connectivity index (χ2n) is 4.09. The fourth-order valence-corrected chi connectivity index (χ4v) is 0.931. The highest BCUT2D eigenvalue weighted by atomic mass is 16.4. The Hall–Kier alpha value is -1.34. The fourth-order valence-electron chi connectivity index (χ4n) is 0.931. The Bertz CT molecular complexity index is 258. The van der Waals surface area contributed by atoms with Gasteiger partial charge in [0.05, 0.1) is 0 Å². The van der Waals surface area contributed by atoms with Gasteiger partial charge in [-0.2, -0.15) is 0 Å². The average Bonchev–Trinajstić information content (AvgIpc) is 2.25. The molecule has 2 atom stereocenters. The van der Waals surface area contributed by atoms with Crippen molar-refractivity contribution in [1.82, 2.24) is 15.5 Å². The third-order valence-corrected chi connectivity index (χ3v) is 2.43. The van der Waals surface area contributed by atoms with Crippen LogP contribution in [-0.2, 0) is 4.79 Å². The van der Waals surface area contributed by atoms with E-state index in [0.717, 1.165) is 0 Å². The highest BCUT2D eigenvalue weighted by molar-refractivity contribution is 5.74. The summed E-state index contributed by atoms with van der Waals surface area (Å²) in [6.07, 6.45) is -1.44. The summed E-state index contributed by atoms with van der Waals surface area (Å²) in [6, 6.07) is -0.151. The maximum atomic E-state index is 11.3. The standard InChI is InChI=1S/C10H21N3O4/c1-7(13(2)3)6-12-10(17)11-5-4-8(14)9(15)16/h7-8,14H,4-6H2,1-3H3,(H,15,16)(H2,11,12,17)/t7?,8-/m0/s1. The molecule has 0 rings (SSSR count). The molecule has 0 aliphatic heterocycles. The quantitative estimate of drug-likeness (QED) is 0.465. The minimum atomic E-state index is -1.43. The molecule has 17 heavy (non-hydrogen) atoms. The molecule has 0 spiro atoms. The average molecular weight is 247 g/mol. The summed E-state index contributed by atoms with van der Waals surface area (Å²) in [6.45, 7) is 2.59.